The molecule has 1 aromatic heterocycles. The Morgan fingerprint density at radius 2 is 2.19 bits per heavy atom. The van der Waals surface area contributed by atoms with E-state index in [1.165, 1.54) is 6.92 Å². The number of aliphatic hydroxyl groups is 2. The summed E-state index contributed by atoms with van der Waals surface area (Å²) in [6, 6.07) is 0. The van der Waals surface area contributed by atoms with Gasteiger partial charge in [-0.25, -0.2) is 14.0 Å². The molecule has 1 aliphatic heterocycles. The van der Waals surface area contributed by atoms with Crippen molar-refractivity contribution < 1.29 is 28.9 Å². The lowest BCUT2D eigenvalue weighted by Gasteiger charge is -2.17. The average Bonchev–Trinajstić information content (AvgIpc) is 2.70. The SMILES string of the molecule is COC(=O)Nc1nc(=O)n(C2O[C@H](C)[C@@H](O)[C@H]2O)cc1F. The molecular weight excluding hydrogens is 289 g/mol. The van der Waals surface area contributed by atoms with Crippen LogP contribution in [0.15, 0.2) is 11.0 Å². The fraction of sp³-hybridized carbons (Fsp3) is 0.545. The molecule has 0 saturated carbocycles. The van der Waals surface area contributed by atoms with E-state index in [0.29, 0.717) is 4.57 Å². The Balaban J connectivity index is 2.33. The van der Waals surface area contributed by atoms with Gasteiger partial charge in [-0.15, -0.1) is 0 Å². The maximum atomic E-state index is 13.8. The van der Waals surface area contributed by atoms with Crippen molar-refractivity contribution in [3.05, 3.63) is 22.5 Å². The first-order valence-corrected chi connectivity index (χ1v) is 6.00. The van der Waals surface area contributed by atoms with Gasteiger partial charge in [-0.2, -0.15) is 4.98 Å². The van der Waals surface area contributed by atoms with E-state index in [9.17, 15) is 24.2 Å². The van der Waals surface area contributed by atoms with Crippen molar-refractivity contribution in [2.45, 2.75) is 31.5 Å². The van der Waals surface area contributed by atoms with Crippen LogP contribution in [0, 0.1) is 5.82 Å². The van der Waals surface area contributed by atoms with Crippen molar-refractivity contribution in [3.8, 4) is 0 Å². The minimum atomic E-state index is -1.40. The van der Waals surface area contributed by atoms with Crippen molar-refractivity contribution in [2.75, 3.05) is 12.4 Å². The molecule has 2 heterocycles. The zero-order valence-corrected chi connectivity index (χ0v) is 11.2. The Hall–Kier alpha value is -2.04. The molecule has 4 atom stereocenters. The van der Waals surface area contributed by atoms with Gasteiger partial charge in [0, 0.05) is 0 Å². The third-order valence-corrected chi connectivity index (χ3v) is 3.06. The van der Waals surface area contributed by atoms with E-state index in [4.69, 9.17) is 4.74 Å². The lowest BCUT2D eigenvalue weighted by Crippen LogP contribution is -2.36. The van der Waals surface area contributed by atoms with Crippen LogP contribution in [0.25, 0.3) is 0 Å². The lowest BCUT2D eigenvalue weighted by atomic mass is 10.1. The van der Waals surface area contributed by atoms with E-state index in [1.807, 2.05) is 5.32 Å². The summed E-state index contributed by atoms with van der Waals surface area (Å²) in [4.78, 5) is 26.1. The number of carbonyl (C=O) groups is 1. The smallest absolute Gasteiger partial charge is 0.412 e. The molecule has 1 fully saturated rings. The molecule has 1 amide bonds. The predicted octanol–water partition coefficient (Wildman–Crippen LogP) is -0.800. The number of ether oxygens (including phenoxy) is 2. The highest BCUT2D eigenvalue weighted by atomic mass is 19.1. The molecule has 0 bridgehead atoms. The van der Waals surface area contributed by atoms with Crippen LogP contribution < -0.4 is 11.0 Å². The highest BCUT2D eigenvalue weighted by Gasteiger charge is 2.42. The molecule has 1 aliphatic rings. The van der Waals surface area contributed by atoms with Gasteiger partial charge in [0.1, 0.15) is 12.2 Å². The molecule has 0 spiro atoms. The number of hydrogen-bond acceptors (Lipinski definition) is 7. The van der Waals surface area contributed by atoms with Gasteiger partial charge in [-0.1, -0.05) is 0 Å². The van der Waals surface area contributed by atoms with E-state index in [1.54, 1.807) is 0 Å². The molecule has 1 aromatic rings. The molecule has 1 unspecified atom stereocenters. The zero-order chi connectivity index (χ0) is 15.7. The third-order valence-electron chi connectivity index (χ3n) is 3.06. The van der Waals surface area contributed by atoms with Gasteiger partial charge in [0.25, 0.3) is 0 Å². The molecule has 3 N–H and O–H groups in total. The summed E-state index contributed by atoms with van der Waals surface area (Å²) in [5, 5.41) is 21.3. The molecule has 0 aliphatic carbocycles. The number of anilines is 1. The quantitative estimate of drug-likeness (QED) is 0.653. The summed E-state index contributed by atoms with van der Waals surface area (Å²) in [5.41, 5.74) is -0.965. The summed E-state index contributed by atoms with van der Waals surface area (Å²) in [6.45, 7) is 1.50. The fourth-order valence-corrected chi connectivity index (χ4v) is 1.92. The number of amides is 1. The Morgan fingerprint density at radius 1 is 1.52 bits per heavy atom. The van der Waals surface area contributed by atoms with Gasteiger partial charge < -0.3 is 19.7 Å². The van der Waals surface area contributed by atoms with Crippen LogP contribution in [0.5, 0.6) is 0 Å². The summed E-state index contributed by atoms with van der Waals surface area (Å²) < 4.78 is 24.0. The summed E-state index contributed by atoms with van der Waals surface area (Å²) in [6.07, 6.45) is -4.88. The highest BCUT2D eigenvalue weighted by molar-refractivity contribution is 5.83. The van der Waals surface area contributed by atoms with Crippen LogP contribution in [-0.2, 0) is 9.47 Å². The first kappa shape index (κ1) is 15.4. The van der Waals surface area contributed by atoms with Gasteiger partial charge in [0.2, 0.25) is 0 Å². The topological polar surface area (TPSA) is 123 Å². The maximum absolute atomic E-state index is 13.8. The number of carbonyl (C=O) groups excluding carboxylic acids is 1. The second-order valence-electron chi connectivity index (χ2n) is 4.46. The van der Waals surface area contributed by atoms with E-state index in [-0.39, 0.29) is 0 Å². The molecular formula is C11H14FN3O6. The molecule has 9 nitrogen and oxygen atoms in total. The number of aromatic nitrogens is 2. The first-order valence-electron chi connectivity index (χ1n) is 6.00. The normalized spacial score (nSPS) is 28.4. The number of halogens is 1. The second-order valence-corrected chi connectivity index (χ2v) is 4.46. The zero-order valence-electron chi connectivity index (χ0n) is 11.2. The molecule has 1 saturated heterocycles. The lowest BCUT2D eigenvalue weighted by molar-refractivity contribution is -0.0355. The van der Waals surface area contributed by atoms with E-state index >= 15 is 0 Å². The Morgan fingerprint density at radius 3 is 2.71 bits per heavy atom. The molecule has 0 aromatic carbocycles. The van der Waals surface area contributed by atoms with Gasteiger partial charge in [-0.05, 0) is 6.92 Å². The van der Waals surface area contributed by atoms with Crippen LogP contribution in [0.1, 0.15) is 13.2 Å². The Bertz CT molecular complexity index is 606. The Kier molecular flexibility index (Phi) is 4.21. The van der Waals surface area contributed by atoms with Crippen molar-refractivity contribution in [1.29, 1.82) is 0 Å². The monoisotopic (exact) mass is 303 g/mol. The fourth-order valence-electron chi connectivity index (χ4n) is 1.92. The number of nitrogens with zero attached hydrogens (tertiary/aromatic N) is 2. The number of nitrogens with one attached hydrogen (secondary N) is 1. The van der Waals surface area contributed by atoms with E-state index in [0.717, 1.165) is 13.3 Å². The summed E-state index contributed by atoms with van der Waals surface area (Å²) >= 11 is 0. The van der Waals surface area contributed by atoms with Crippen molar-refractivity contribution in [2.24, 2.45) is 0 Å². The second kappa shape index (κ2) is 5.76. The first-order chi connectivity index (χ1) is 9.85. The standard InChI is InChI=1S/C11H14FN3O6/c1-4-6(16)7(17)9(21-4)15-3-5(12)8(13-10(15)18)14-11(19)20-2/h3-4,6-7,9,16-17H,1-2H3,(H,13,14,18,19)/t4-,6-,7-,9?/m1/s1. The minimum Gasteiger partial charge on any atom is -0.453 e. The van der Waals surface area contributed by atoms with Crippen LogP contribution in [0.4, 0.5) is 15.0 Å². The average molecular weight is 303 g/mol. The van der Waals surface area contributed by atoms with Crippen LogP contribution in [-0.4, -0.2) is 51.3 Å². The molecule has 2 rings (SSSR count). The van der Waals surface area contributed by atoms with Crippen molar-refractivity contribution >= 4 is 11.9 Å². The number of methoxy groups -OCH3 is 1. The third kappa shape index (κ3) is 2.86. The number of aliphatic hydroxyl groups excluding tert-OH is 2. The molecule has 10 heteroatoms. The van der Waals surface area contributed by atoms with Crippen LogP contribution in [0.3, 0.4) is 0 Å². The number of hydrogen-bond donors (Lipinski definition) is 3. The summed E-state index contributed by atoms with van der Waals surface area (Å²) in [5.74, 6) is -1.63. The van der Waals surface area contributed by atoms with Crippen LogP contribution >= 0.6 is 0 Å². The van der Waals surface area contributed by atoms with Gasteiger partial charge in [-0.3, -0.25) is 9.88 Å². The summed E-state index contributed by atoms with van der Waals surface area (Å²) in [7, 11) is 1.07. The highest BCUT2D eigenvalue weighted by Crippen LogP contribution is 2.28. The minimum absolute atomic E-state index is 0.607. The van der Waals surface area contributed by atoms with E-state index < -0.39 is 48.0 Å². The van der Waals surface area contributed by atoms with Gasteiger partial charge >= 0.3 is 11.8 Å². The van der Waals surface area contributed by atoms with E-state index in [2.05, 4.69) is 9.72 Å². The van der Waals surface area contributed by atoms with Crippen molar-refractivity contribution in [3.63, 3.8) is 0 Å². The number of rotatable bonds is 2. The molecule has 21 heavy (non-hydrogen) atoms. The van der Waals surface area contributed by atoms with Gasteiger partial charge in [0.05, 0.1) is 19.4 Å². The molecule has 116 valence electrons. The van der Waals surface area contributed by atoms with Crippen LogP contribution in [0.2, 0.25) is 0 Å². The maximum Gasteiger partial charge on any atom is 0.412 e. The largest absolute Gasteiger partial charge is 0.453 e. The predicted molar refractivity (Wildman–Crippen MR) is 66.1 cm³/mol. The molecule has 0 radical (unpaired) electrons. The Labute approximate surface area is 117 Å². The van der Waals surface area contributed by atoms with Crippen molar-refractivity contribution in [1.82, 2.24) is 9.55 Å². The van der Waals surface area contributed by atoms with Gasteiger partial charge in [0.15, 0.2) is 17.9 Å².